The molecule has 0 radical (unpaired) electrons. The number of carbonyl (C=O) groups is 1. The normalized spacial score (nSPS) is 19.4. The number of amides is 2. The van der Waals surface area contributed by atoms with E-state index in [9.17, 15) is 4.79 Å². The first-order chi connectivity index (χ1) is 14.7. The molecule has 8 heteroatoms. The van der Waals surface area contributed by atoms with E-state index >= 15 is 0 Å². The molecule has 0 aliphatic carbocycles. The third-order valence-corrected chi connectivity index (χ3v) is 6.62. The Labute approximate surface area is 182 Å². The minimum absolute atomic E-state index is 0.150. The van der Waals surface area contributed by atoms with Crippen LogP contribution in [-0.4, -0.2) is 60.2 Å². The molecule has 2 aromatic rings. The summed E-state index contributed by atoms with van der Waals surface area (Å²) in [5, 5.41) is 5.93. The van der Waals surface area contributed by atoms with Gasteiger partial charge in [0.2, 0.25) is 0 Å². The number of anilines is 3. The minimum Gasteiger partial charge on any atom is -0.356 e. The first-order valence-electron chi connectivity index (χ1n) is 10.7. The Morgan fingerprint density at radius 2 is 1.83 bits per heavy atom. The molecular formula is C22H30N6OS. The molecule has 30 heavy (non-hydrogen) atoms. The molecule has 2 saturated heterocycles. The maximum Gasteiger partial charge on any atom is 0.319 e. The zero-order valence-corrected chi connectivity index (χ0v) is 18.3. The van der Waals surface area contributed by atoms with E-state index in [4.69, 9.17) is 0 Å². The second-order valence-corrected chi connectivity index (χ2v) is 9.21. The van der Waals surface area contributed by atoms with Gasteiger partial charge in [0.1, 0.15) is 18.0 Å². The molecular weight excluding hydrogens is 396 g/mol. The van der Waals surface area contributed by atoms with Crippen LogP contribution < -0.4 is 20.4 Å². The van der Waals surface area contributed by atoms with Gasteiger partial charge in [0, 0.05) is 56.0 Å². The summed E-state index contributed by atoms with van der Waals surface area (Å²) in [6, 6.07) is 9.80. The Morgan fingerprint density at radius 3 is 2.60 bits per heavy atom. The summed E-state index contributed by atoms with van der Waals surface area (Å²) in [7, 11) is 0. The van der Waals surface area contributed by atoms with Gasteiger partial charge in [0.25, 0.3) is 0 Å². The first kappa shape index (κ1) is 20.8. The first-order valence-corrected chi connectivity index (χ1v) is 11.8. The van der Waals surface area contributed by atoms with E-state index in [-0.39, 0.29) is 6.03 Å². The Kier molecular flexibility index (Phi) is 6.94. The van der Waals surface area contributed by atoms with Crippen molar-refractivity contribution in [1.82, 2.24) is 15.3 Å². The van der Waals surface area contributed by atoms with Crippen molar-refractivity contribution >= 4 is 35.1 Å². The predicted molar refractivity (Wildman–Crippen MR) is 125 cm³/mol. The van der Waals surface area contributed by atoms with E-state index in [2.05, 4.69) is 36.5 Å². The van der Waals surface area contributed by atoms with E-state index in [1.807, 2.05) is 43.0 Å². The van der Waals surface area contributed by atoms with Crippen LogP contribution in [-0.2, 0) is 0 Å². The highest BCUT2D eigenvalue weighted by Gasteiger charge is 2.22. The Balaban J connectivity index is 1.30. The number of thioether (sulfide) groups is 1. The SMILES string of the molecule is Cc1ccc(NC(=O)NCC2CCCN(c3cc(N4CCSCC4)ncn3)C2)cc1. The molecule has 0 saturated carbocycles. The van der Waals surface area contributed by atoms with Gasteiger partial charge in [-0.15, -0.1) is 0 Å². The molecule has 1 aromatic carbocycles. The van der Waals surface area contributed by atoms with Gasteiger partial charge in [0.05, 0.1) is 0 Å². The lowest BCUT2D eigenvalue weighted by Gasteiger charge is -2.34. The van der Waals surface area contributed by atoms with Crippen molar-refractivity contribution < 1.29 is 4.79 Å². The van der Waals surface area contributed by atoms with Crippen LogP contribution >= 0.6 is 11.8 Å². The van der Waals surface area contributed by atoms with Crippen LogP contribution in [0.2, 0.25) is 0 Å². The Hall–Kier alpha value is -2.48. The highest BCUT2D eigenvalue weighted by Crippen LogP contribution is 2.25. The number of urea groups is 1. The lowest BCUT2D eigenvalue weighted by molar-refractivity contribution is 0.249. The highest BCUT2D eigenvalue weighted by atomic mass is 32.2. The van der Waals surface area contributed by atoms with Gasteiger partial charge < -0.3 is 20.4 Å². The van der Waals surface area contributed by atoms with Gasteiger partial charge in [-0.1, -0.05) is 17.7 Å². The number of aromatic nitrogens is 2. The summed E-state index contributed by atoms with van der Waals surface area (Å²) in [6.07, 6.45) is 3.90. The number of carbonyl (C=O) groups excluding carboxylic acids is 1. The predicted octanol–water partition coefficient (Wildman–Crippen LogP) is 3.38. The molecule has 3 heterocycles. The Morgan fingerprint density at radius 1 is 1.10 bits per heavy atom. The number of nitrogens with one attached hydrogen (secondary N) is 2. The lowest BCUT2D eigenvalue weighted by atomic mass is 9.98. The second kappa shape index (κ2) is 10.0. The van der Waals surface area contributed by atoms with E-state index in [0.29, 0.717) is 12.5 Å². The standard InChI is InChI=1S/C22H30N6OS/c1-17-4-6-19(7-5-17)26-22(29)23-14-18-3-2-8-28(15-18)21-13-20(24-16-25-21)27-9-11-30-12-10-27/h4-7,13,16,18H,2-3,8-12,14-15H2,1H3,(H2,23,26,29). The zero-order valence-electron chi connectivity index (χ0n) is 17.5. The van der Waals surface area contributed by atoms with E-state index in [1.165, 1.54) is 5.56 Å². The fraction of sp³-hybridized carbons (Fsp3) is 0.500. The molecule has 160 valence electrons. The summed E-state index contributed by atoms with van der Waals surface area (Å²) in [6.45, 7) is 6.68. The average molecular weight is 427 g/mol. The molecule has 2 fully saturated rings. The van der Waals surface area contributed by atoms with Crippen LogP contribution in [0.5, 0.6) is 0 Å². The number of hydrogen-bond donors (Lipinski definition) is 2. The number of benzene rings is 1. The van der Waals surface area contributed by atoms with Gasteiger partial charge >= 0.3 is 6.03 Å². The molecule has 1 aromatic heterocycles. The largest absolute Gasteiger partial charge is 0.356 e. The molecule has 4 rings (SSSR count). The molecule has 2 N–H and O–H groups in total. The van der Waals surface area contributed by atoms with Gasteiger partial charge in [-0.3, -0.25) is 0 Å². The maximum absolute atomic E-state index is 12.2. The fourth-order valence-corrected chi connectivity index (χ4v) is 4.87. The molecule has 2 amide bonds. The van der Waals surface area contributed by atoms with Crippen LogP contribution in [0.4, 0.5) is 22.1 Å². The fourth-order valence-electron chi connectivity index (χ4n) is 3.96. The number of rotatable bonds is 5. The van der Waals surface area contributed by atoms with Crippen molar-refractivity contribution in [3.8, 4) is 0 Å². The van der Waals surface area contributed by atoms with Gasteiger partial charge in [0.15, 0.2) is 0 Å². The van der Waals surface area contributed by atoms with Crippen LogP contribution in [0.15, 0.2) is 36.7 Å². The van der Waals surface area contributed by atoms with Gasteiger partial charge in [-0.25, -0.2) is 14.8 Å². The molecule has 0 spiro atoms. The molecule has 2 aliphatic rings. The summed E-state index contributed by atoms with van der Waals surface area (Å²) in [4.78, 5) is 26.0. The minimum atomic E-state index is -0.150. The smallest absolute Gasteiger partial charge is 0.319 e. The molecule has 7 nitrogen and oxygen atoms in total. The van der Waals surface area contributed by atoms with Gasteiger partial charge in [-0.05, 0) is 37.8 Å². The molecule has 1 unspecified atom stereocenters. The summed E-state index contributed by atoms with van der Waals surface area (Å²) in [5.41, 5.74) is 1.99. The number of nitrogens with zero attached hydrogens (tertiary/aromatic N) is 4. The van der Waals surface area contributed by atoms with Crippen molar-refractivity contribution in [3.05, 3.63) is 42.2 Å². The average Bonchev–Trinajstić information content (AvgIpc) is 2.80. The van der Waals surface area contributed by atoms with Crippen LogP contribution in [0, 0.1) is 12.8 Å². The van der Waals surface area contributed by atoms with E-state index in [1.54, 1.807) is 6.33 Å². The molecule has 1 atom stereocenters. The Bertz CT molecular complexity index is 840. The van der Waals surface area contributed by atoms with Gasteiger partial charge in [-0.2, -0.15) is 11.8 Å². The third kappa shape index (κ3) is 5.56. The van der Waals surface area contributed by atoms with Crippen molar-refractivity contribution in [2.24, 2.45) is 5.92 Å². The second-order valence-electron chi connectivity index (χ2n) is 7.99. The van der Waals surface area contributed by atoms with E-state index < -0.39 is 0 Å². The lowest BCUT2D eigenvalue weighted by Crippen LogP contribution is -2.42. The number of aryl methyl sites for hydroxylation is 1. The zero-order chi connectivity index (χ0) is 20.8. The monoisotopic (exact) mass is 426 g/mol. The summed E-state index contributed by atoms with van der Waals surface area (Å²) >= 11 is 2.00. The van der Waals surface area contributed by atoms with Crippen LogP contribution in [0.25, 0.3) is 0 Å². The van der Waals surface area contributed by atoms with Crippen molar-refractivity contribution in [1.29, 1.82) is 0 Å². The number of hydrogen-bond acceptors (Lipinski definition) is 6. The molecule has 2 aliphatic heterocycles. The number of piperidine rings is 1. The maximum atomic E-state index is 12.2. The van der Waals surface area contributed by atoms with Crippen molar-refractivity contribution in [2.75, 3.05) is 59.3 Å². The molecule has 0 bridgehead atoms. The van der Waals surface area contributed by atoms with Crippen LogP contribution in [0.3, 0.4) is 0 Å². The third-order valence-electron chi connectivity index (χ3n) is 5.68. The van der Waals surface area contributed by atoms with E-state index in [0.717, 1.165) is 67.8 Å². The van der Waals surface area contributed by atoms with Crippen LogP contribution in [0.1, 0.15) is 18.4 Å². The van der Waals surface area contributed by atoms with Crippen molar-refractivity contribution in [3.63, 3.8) is 0 Å². The summed E-state index contributed by atoms with van der Waals surface area (Å²) < 4.78 is 0. The highest BCUT2D eigenvalue weighted by molar-refractivity contribution is 7.99. The quantitative estimate of drug-likeness (QED) is 0.764. The topological polar surface area (TPSA) is 73.4 Å². The van der Waals surface area contributed by atoms with Crippen molar-refractivity contribution in [2.45, 2.75) is 19.8 Å². The summed E-state index contributed by atoms with van der Waals surface area (Å²) in [5.74, 6) is 4.74.